The maximum absolute atomic E-state index is 10.4. The van der Waals surface area contributed by atoms with Crippen LogP contribution < -0.4 is 17.7 Å². The molecule has 1 fully saturated rings. The summed E-state index contributed by atoms with van der Waals surface area (Å²) in [4.78, 5) is 10.4. The Morgan fingerprint density at radius 1 is 1.70 bits per heavy atom. The van der Waals surface area contributed by atoms with Gasteiger partial charge in [0, 0.05) is 13.3 Å². The van der Waals surface area contributed by atoms with Crippen LogP contribution in [-0.2, 0) is 9.53 Å². The van der Waals surface area contributed by atoms with Gasteiger partial charge in [-0.2, -0.15) is 0 Å². The highest BCUT2D eigenvalue weighted by Gasteiger charge is 2.19. The van der Waals surface area contributed by atoms with E-state index in [1.165, 1.54) is 6.92 Å². The van der Waals surface area contributed by atoms with Crippen LogP contribution >= 0.6 is 0 Å². The highest BCUT2D eigenvalue weighted by Crippen LogP contribution is 1.97. The first-order valence-electron chi connectivity index (χ1n) is 3.28. The molecule has 1 heterocycles. The van der Waals surface area contributed by atoms with Gasteiger partial charge in [0.15, 0.2) is 6.10 Å². The van der Waals surface area contributed by atoms with Crippen LogP contribution in [0, 0.1) is 0 Å². The van der Waals surface area contributed by atoms with E-state index in [9.17, 15) is 4.79 Å². The van der Waals surface area contributed by atoms with E-state index < -0.39 is 0 Å². The summed E-state index contributed by atoms with van der Waals surface area (Å²) in [5.74, 6) is -0.157. The molecular weight excluding hydrogens is 154 g/mol. The fourth-order valence-electron chi connectivity index (χ4n) is 1.07. The van der Waals surface area contributed by atoms with E-state index in [0.717, 1.165) is 19.5 Å². The first-order chi connectivity index (χ1) is 4.29. The lowest BCUT2D eigenvalue weighted by atomic mass is 10.3. The number of carbonyl (C=O) groups excluding carboxylic acids is 1. The second-order valence-electron chi connectivity index (χ2n) is 2.33. The quantitative estimate of drug-likeness (QED) is 0.402. The zero-order valence-electron chi connectivity index (χ0n) is 5.97. The first-order valence-corrected chi connectivity index (χ1v) is 3.28. The molecule has 4 heteroatoms. The summed E-state index contributed by atoms with van der Waals surface area (Å²) in [5.41, 5.74) is 0. The number of halogens is 1. The smallest absolute Gasteiger partial charge is 0.303 e. The predicted molar refractivity (Wildman–Crippen MR) is 31.8 cm³/mol. The second-order valence-corrected chi connectivity index (χ2v) is 2.33. The molecule has 0 aliphatic carbocycles. The Labute approximate surface area is 66.5 Å². The molecule has 0 aromatic heterocycles. The van der Waals surface area contributed by atoms with Gasteiger partial charge in [-0.3, -0.25) is 4.79 Å². The van der Waals surface area contributed by atoms with Crippen LogP contribution in [-0.4, -0.2) is 25.2 Å². The molecule has 1 atom stereocenters. The first kappa shape index (κ1) is 9.72. The minimum atomic E-state index is -0.157. The van der Waals surface area contributed by atoms with E-state index in [1.54, 1.807) is 0 Å². The van der Waals surface area contributed by atoms with Crippen molar-refractivity contribution in [3.8, 4) is 0 Å². The Kier molecular flexibility index (Phi) is 4.40. The minimum Gasteiger partial charge on any atom is -1.00 e. The lowest BCUT2D eigenvalue weighted by molar-refractivity contribution is -0.638. The van der Waals surface area contributed by atoms with Crippen LogP contribution in [0.15, 0.2) is 0 Å². The van der Waals surface area contributed by atoms with Gasteiger partial charge in [0.25, 0.3) is 0 Å². The zero-order valence-corrected chi connectivity index (χ0v) is 6.73. The summed E-state index contributed by atoms with van der Waals surface area (Å²) >= 11 is 0. The van der Waals surface area contributed by atoms with Crippen molar-refractivity contribution in [3.63, 3.8) is 0 Å². The van der Waals surface area contributed by atoms with Gasteiger partial charge >= 0.3 is 5.97 Å². The van der Waals surface area contributed by atoms with E-state index in [4.69, 9.17) is 4.74 Å². The molecule has 1 saturated heterocycles. The number of carbonyl (C=O) groups is 1. The van der Waals surface area contributed by atoms with E-state index in [2.05, 4.69) is 5.32 Å². The summed E-state index contributed by atoms with van der Waals surface area (Å²) < 4.78 is 4.94. The van der Waals surface area contributed by atoms with Crippen LogP contribution in [0.4, 0.5) is 0 Å². The van der Waals surface area contributed by atoms with E-state index in [-0.39, 0.29) is 24.5 Å². The molecule has 0 spiro atoms. The predicted octanol–water partition coefficient (Wildman–Crippen LogP) is -4.11. The number of hydrogen-bond acceptors (Lipinski definition) is 2. The third-order valence-electron chi connectivity index (χ3n) is 1.45. The standard InChI is InChI=1S/C6H11NO2.ClH/c1-5(8)9-6-2-3-7-4-6;/h6-7H,2-4H2,1H3;1H/t6-;/m1./s1. The molecule has 60 valence electrons. The Bertz CT molecular complexity index is 112. The van der Waals surface area contributed by atoms with Crippen LogP contribution in [0.2, 0.25) is 0 Å². The minimum absolute atomic E-state index is 0. The molecule has 2 N–H and O–H groups in total. The van der Waals surface area contributed by atoms with Gasteiger partial charge in [-0.25, -0.2) is 0 Å². The van der Waals surface area contributed by atoms with Crippen molar-refractivity contribution in [2.45, 2.75) is 19.4 Å². The van der Waals surface area contributed by atoms with Crippen LogP contribution in [0.5, 0.6) is 0 Å². The van der Waals surface area contributed by atoms with Crippen molar-refractivity contribution in [2.24, 2.45) is 0 Å². The van der Waals surface area contributed by atoms with E-state index >= 15 is 0 Å². The molecule has 0 unspecified atom stereocenters. The monoisotopic (exact) mass is 165 g/mol. The highest BCUT2D eigenvalue weighted by molar-refractivity contribution is 5.66. The third kappa shape index (κ3) is 3.03. The molecule has 0 aromatic carbocycles. The molecule has 1 rings (SSSR count). The third-order valence-corrected chi connectivity index (χ3v) is 1.45. The number of quaternary nitrogens is 1. The molecule has 0 saturated carbocycles. The Morgan fingerprint density at radius 3 is 2.80 bits per heavy atom. The molecule has 0 aromatic rings. The topological polar surface area (TPSA) is 42.9 Å². The number of ether oxygens (including phenoxy) is 1. The number of esters is 1. The fourth-order valence-corrected chi connectivity index (χ4v) is 1.07. The van der Waals surface area contributed by atoms with Gasteiger partial charge in [-0.15, -0.1) is 0 Å². The number of rotatable bonds is 1. The summed E-state index contributed by atoms with van der Waals surface area (Å²) in [7, 11) is 0. The molecule has 1 aliphatic heterocycles. The van der Waals surface area contributed by atoms with Gasteiger partial charge in [0.05, 0.1) is 6.54 Å². The summed E-state index contributed by atoms with van der Waals surface area (Å²) in [6.07, 6.45) is 1.20. The Morgan fingerprint density at radius 2 is 2.40 bits per heavy atom. The van der Waals surface area contributed by atoms with Crippen molar-refractivity contribution >= 4 is 5.97 Å². The van der Waals surface area contributed by atoms with Crippen molar-refractivity contribution in [1.29, 1.82) is 0 Å². The summed E-state index contributed by atoms with van der Waals surface area (Å²) in [6, 6.07) is 0. The van der Waals surface area contributed by atoms with E-state index in [1.807, 2.05) is 0 Å². The lowest BCUT2D eigenvalue weighted by Crippen LogP contribution is -3.00. The summed E-state index contributed by atoms with van der Waals surface area (Å²) in [6.45, 7) is 3.50. The van der Waals surface area contributed by atoms with Gasteiger partial charge in [0.1, 0.15) is 6.54 Å². The van der Waals surface area contributed by atoms with Crippen LogP contribution in [0.25, 0.3) is 0 Å². The van der Waals surface area contributed by atoms with Gasteiger partial charge in [0.2, 0.25) is 0 Å². The maximum atomic E-state index is 10.4. The Hall–Kier alpha value is -0.280. The van der Waals surface area contributed by atoms with Gasteiger partial charge in [-0.1, -0.05) is 0 Å². The maximum Gasteiger partial charge on any atom is 0.303 e. The van der Waals surface area contributed by atoms with Crippen molar-refractivity contribution in [1.82, 2.24) is 0 Å². The fraction of sp³-hybridized carbons (Fsp3) is 0.833. The highest BCUT2D eigenvalue weighted by atomic mass is 35.5. The van der Waals surface area contributed by atoms with Crippen molar-refractivity contribution < 1.29 is 27.3 Å². The largest absolute Gasteiger partial charge is 1.00 e. The average molecular weight is 166 g/mol. The van der Waals surface area contributed by atoms with Crippen molar-refractivity contribution in [3.05, 3.63) is 0 Å². The molecule has 0 radical (unpaired) electrons. The Balaban J connectivity index is 0.000000810. The number of hydrogen-bond donors (Lipinski definition) is 1. The van der Waals surface area contributed by atoms with Gasteiger partial charge in [-0.05, 0) is 0 Å². The molecule has 0 amide bonds. The lowest BCUT2D eigenvalue weighted by Gasteiger charge is -2.04. The molecule has 3 nitrogen and oxygen atoms in total. The number of nitrogens with two attached hydrogens (primary N) is 1. The molecular formula is C6H12ClNO2. The normalized spacial score (nSPS) is 23.5. The van der Waals surface area contributed by atoms with E-state index in [0.29, 0.717) is 0 Å². The molecule has 0 bridgehead atoms. The SMILES string of the molecule is CC(=O)O[C@@H]1CC[NH2+]C1.[Cl-]. The second kappa shape index (κ2) is 4.52. The average Bonchev–Trinajstić information content (AvgIpc) is 2.15. The van der Waals surface area contributed by atoms with Crippen LogP contribution in [0.1, 0.15) is 13.3 Å². The van der Waals surface area contributed by atoms with Crippen molar-refractivity contribution in [2.75, 3.05) is 13.1 Å². The summed E-state index contributed by atoms with van der Waals surface area (Å²) in [5, 5.41) is 2.16. The van der Waals surface area contributed by atoms with Gasteiger partial charge < -0.3 is 22.5 Å². The zero-order chi connectivity index (χ0) is 6.69. The molecule has 1 aliphatic rings. The molecule has 10 heavy (non-hydrogen) atoms. The van der Waals surface area contributed by atoms with Crippen LogP contribution in [0.3, 0.4) is 0 Å².